The predicted octanol–water partition coefficient (Wildman–Crippen LogP) is 3.12. The van der Waals surface area contributed by atoms with E-state index in [0.29, 0.717) is 34.4 Å². The van der Waals surface area contributed by atoms with E-state index in [1.54, 1.807) is 18.2 Å². The largest absolute Gasteiger partial charge is 0.496 e. The number of hydrogen-bond acceptors (Lipinski definition) is 5. The third kappa shape index (κ3) is 3.36. The number of aromatic nitrogens is 3. The van der Waals surface area contributed by atoms with Crippen molar-refractivity contribution in [2.24, 2.45) is 0 Å². The van der Waals surface area contributed by atoms with E-state index in [-0.39, 0.29) is 17.4 Å². The summed E-state index contributed by atoms with van der Waals surface area (Å²) in [6.07, 6.45) is 3.76. The summed E-state index contributed by atoms with van der Waals surface area (Å²) in [4.78, 5) is 28.3. The molecule has 2 heterocycles. The van der Waals surface area contributed by atoms with Gasteiger partial charge >= 0.3 is 0 Å². The molecule has 2 aromatic heterocycles. The maximum atomic E-state index is 13.0. The lowest BCUT2D eigenvalue weighted by molar-refractivity contribution is 0.102. The van der Waals surface area contributed by atoms with Gasteiger partial charge in [0.05, 0.1) is 19.9 Å². The molecule has 3 aromatic rings. The number of benzene rings is 1. The molecule has 0 aliphatic heterocycles. The number of H-pyrrole nitrogens is 2. The molecular formula is C20H20N4O4. The second-order valence-electron chi connectivity index (χ2n) is 6.60. The van der Waals surface area contributed by atoms with Crippen LogP contribution in [0.4, 0.5) is 5.82 Å². The van der Waals surface area contributed by atoms with Crippen LogP contribution in [0.5, 0.6) is 11.5 Å². The van der Waals surface area contributed by atoms with Crippen LogP contribution in [0.1, 0.15) is 50.9 Å². The molecule has 1 saturated carbocycles. The van der Waals surface area contributed by atoms with E-state index in [0.717, 1.165) is 18.5 Å². The van der Waals surface area contributed by atoms with Crippen LogP contribution in [-0.4, -0.2) is 41.1 Å². The van der Waals surface area contributed by atoms with Gasteiger partial charge in [-0.15, -0.1) is 0 Å². The zero-order valence-electron chi connectivity index (χ0n) is 15.5. The first-order chi connectivity index (χ1) is 13.6. The SMILES string of the molecule is COc1cccc(OC)c1C(=O)c1c[nH]c(C(=O)Nc2cc(C3CC3)n[nH]2)c1. The number of methoxy groups -OCH3 is 2. The van der Waals surface area contributed by atoms with Gasteiger partial charge in [0.15, 0.2) is 0 Å². The fourth-order valence-electron chi connectivity index (χ4n) is 3.05. The minimum atomic E-state index is -0.364. The van der Waals surface area contributed by atoms with Crippen LogP contribution in [0.15, 0.2) is 36.5 Å². The summed E-state index contributed by atoms with van der Waals surface area (Å²) in [6, 6.07) is 8.45. The van der Waals surface area contributed by atoms with Crippen molar-refractivity contribution in [1.82, 2.24) is 15.2 Å². The van der Waals surface area contributed by atoms with Crippen molar-refractivity contribution in [3.8, 4) is 11.5 Å². The first-order valence-electron chi connectivity index (χ1n) is 8.91. The number of hydrogen-bond donors (Lipinski definition) is 3. The van der Waals surface area contributed by atoms with Crippen molar-refractivity contribution < 1.29 is 19.1 Å². The van der Waals surface area contributed by atoms with Gasteiger partial charge < -0.3 is 19.8 Å². The van der Waals surface area contributed by atoms with Crippen molar-refractivity contribution in [3.63, 3.8) is 0 Å². The fourth-order valence-corrected chi connectivity index (χ4v) is 3.05. The fraction of sp³-hybridized carbons (Fsp3) is 0.250. The number of aromatic amines is 2. The number of nitrogens with zero attached hydrogens (tertiary/aromatic N) is 1. The van der Waals surface area contributed by atoms with Gasteiger partial charge in [0.25, 0.3) is 5.91 Å². The smallest absolute Gasteiger partial charge is 0.273 e. The van der Waals surface area contributed by atoms with Crippen LogP contribution in [0, 0.1) is 0 Å². The van der Waals surface area contributed by atoms with Gasteiger partial charge in [-0.05, 0) is 31.0 Å². The molecule has 1 aromatic carbocycles. The summed E-state index contributed by atoms with van der Waals surface area (Å²) >= 11 is 0. The van der Waals surface area contributed by atoms with Gasteiger partial charge in [-0.3, -0.25) is 14.7 Å². The molecule has 0 saturated heterocycles. The zero-order chi connectivity index (χ0) is 19.7. The number of carbonyl (C=O) groups excluding carboxylic acids is 2. The summed E-state index contributed by atoms with van der Waals surface area (Å²) in [5.41, 5.74) is 1.86. The Morgan fingerprint density at radius 2 is 1.86 bits per heavy atom. The minimum absolute atomic E-state index is 0.264. The molecule has 28 heavy (non-hydrogen) atoms. The van der Waals surface area contributed by atoms with Crippen LogP contribution in [0.2, 0.25) is 0 Å². The first kappa shape index (κ1) is 17.8. The van der Waals surface area contributed by atoms with E-state index < -0.39 is 0 Å². The Morgan fingerprint density at radius 3 is 2.50 bits per heavy atom. The number of ether oxygens (including phenoxy) is 2. The van der Waals surface area contributed by atoms with E-state index in [1.807, 2.05) is 6.07 Å². The van der Waals surface area contributed by atoms with Gasteiger partial charge in [0.2, 0.25) is 5.78 Å². The van der Waals surface area contributed by atoms with Crippen LogP contribution in [-0.2, 0) is 0 Å². The Bertz CT molecular complexity index is 1010. The van der Waals surface area contributed by atoms with Crippen molar-refractivity contribution in [2.45, 2.75) is 18.8 Å². The molecular weight excluding hydrogens is 360 g/mol. The molecule has 3 N–H and O–H groups in total. The molecule has 0 spiro atoms. The van der Waals surface area contributed by atoms with E-state index in [1.165, 1.54) is 26.5 Å². The molecule has 0 atom stereocenters. The normalized spacial score (nSPS) is 13.2. The van der Waals surface area contributed by atoms with Crippen molar-refractivity contribution in [2.75, 3.05) is 19.5 Å². The maximum absolute atomic E-state index is 13.0. The average Bonchev–Trinajstić information content (AvgIpc) is 3.25. The summed E-state index contributed by atoms with van der Waals surface area (Å²) in [5, 5.41) is 9.77. The Hall–Kier alpha value is -3.55. The van der Waals surface area contributed by atoms with Gasteiger partial charge in [-0.1, -0.05) is 6.07 Å². The molecule has 1 aliphatic rings. The van der Waals surface area contributed by atoms with Crippen LogP contribution in [0.3, 0.4) is 0 Å². The number of nitrogens with one attached hydrogen (secondary N) is 3. The highest BCUT2D eigenvalue weighted by Gasteiger charge is 2.26. The van der Waals surface area contributed by atoms with E-state index >= 15 is 0 Å². The highest BCUT2D eigenvalue weighted by Crippen LogP contribution is 2.39. The summed E-state index contributed by atoms with van der Waals surface area (Å²) in [5.74, 6) is 1.16. The molecule has 1 aliphatic carbocycles. The number of rotatable bonds is 7. The number of anilines is 1. The van der Waals surface area contributed by atoms with E-state index in [4.69, 9.17) is 9.47 Å². The van der Waals surface area contributed by atoms with E-state index in [9.17, 15) is 9.59 Å². The molecule has 4 rings (SSSR count). The van der Waals surface area contributed by atoms with Crippen molar-refractivity contribution in [1.29, 1.82) is 0 Å². The monoisotopic (exact) mass is 380 g/mol. The standard InChI is InChI=1S/C20H20N4O4/c1-27-15-4-3-5-16(28-2)18(15)19(25)12-8-14(21-10-12)20(26)22-17-9-13(23-24-17)11-6-7-11/h3-5,8-11,21H,6-7H2,1-2H3,(H2,22,23,24,26). The Kier molecular flexibility index (Phi) is 4.60. The number of carbonyl (C=O) groups is 2. The predicted molar refractivity (Wildman–Crippen MR) is 102 cm³/mol. The Morgan fingerprint density at radius 1 is 1.14 bits per heavy atom. The van der Waals surface area contributed by atoms with Crippen LogP contribution >= 0.6 is 0 Å². The summed E-state index contributed by atoms with van der Waals surface area (Å²) in [6.45, 7) is 0. The van der Waals surface area contributed by atoms with Gasteiger partial charge in [-0.25, -0.2) is 0 Å². The Labute approximate surface area is 161 Å². The topological polar surface area (TPSA) is 109 Å². The lowest BCUT2D eigenvalue weighted by Gasteiger charge is -2.11. The maximum Gasteiger partial charge on any atom is 0.273 e. The van der Waals surface area contributed by atoms with Crippen molar-refractivity contribution >= 4 is 17.5 Å². The molecule has 1 amide bonds. The van der Waals surface area contributed by atoms with Gasteiger partial charge in [0.1, 0.15) is 28.6 Å². The molecule has 8 heteroatoms. The molecule has 0 radical (unpaired) electrons. The number of amides is 1. The highest BCUT2D eigenvalue weighted by molar-refractivity contribution is 6.14. The molecule has 8 nitrogen and oxygen atoms in total. The summed E-state index contributed by atoms with van der Waals surface area (Å²) in [7, 11) is 2.98. The minimum Gasteiger partial charge on any atom is -0.496 e. The molecule has 144 valence electrons. The average molecular weight is 380 g/mol. The third-order valence-electron chi connectivity index (χ3n) is 4.69. The lowest BCUT2D eigenvalue weighted by atomic mass is 10.0. The molecule has 0 bridgehead atoms. The second-order valence-corrected chi connectivity index (χ2v) is 6.60. The number of ketones is 1. The first-order valence-corrected chi connectivity index (χ1v) is 8.91. The van der Waals surface area contributed by atoms with Crippen molar-refractivity contribution in [3.05, 3.63) is 59.0 Å². The van der Waals surface area contributed by atoms with Crippen LogP contribution < -0.4 is 14.8 Å². The zero-order valence-corrected chi connectivity index (χ0v) is 15.5. The lowest BCUT2D eigenvalue weighted by Crippen LogP contribution is -2.12. The van der Waals surface area contributed by atoms with E-state index in [2.05, 4.69) is 20.5 Å². The van der Waals surface area contributed by atoms with Gasteiger partial charge in [0, 0.05) is 23.7 Å². The highest BCUT2D eigenvalue weighted by atomic mass is 16.5. The summed E-state index contributed by atoms with van der Waals surface area (Å²) < 4.78 is 10.6. The van der Waals surface area contributed by atoms with Gasteiger partial charge in [-0.2, -0.15) is 5.10 Å². The molecule has 1 fully saturated rings. The Balaban J connectivity index is 1.53. The second kappa shape index (κ2) is 7.22. The third-order valence-corrected chi connectivity index (χ3v) is 4.69. The van der Waals surface area contributed by atoms with Crippen LogP contribution in [0.25, 0.3) is 0 Å². The molecule has 0 unspecified atom stereocenters. The quantitative estimate of drug-likeness (QED) is 0.546.